The summed E-state index contributed by atoms with van der Waals surface area (Å²) in [6, 6.07) is 16.3. The predicted molar refractivity (Wildman–Crippen MR) is 128 cm³/mol. The zero-order valence-corrected chi connectivity index (χ0v) is 19.3. The lowest BCUT2D eigenvalue weighted by Gasteiger charge is -2.32. The van der Waals surface area contributed by atoms with E-state index in [1.54, 1.807) is 0 Å². The fourth-order valence-electron chi connectivity index (χ4n) is 4.68. The molecule has 0 bridgehead atoms. The van der Waals surface area contributed by atoms with Crippen molar-refractivity contribution in [1.82, 2.24) is 10.6 Å². The summed E-state index contributed by atoms with van der Waals surface area (Å²) in [6.45, 7) is 2.04. The zero-order valence-electron chi connectivity index (χ0n) is 19.3. The molecule has 7 nitrogen and oxygen atoms in total. The zero-order chi connectivity index (χ0) is 24.1. The molecule has 1 fully saturated rings. The molecule has 1 atom stereocenters. The Morgan fingerprint density at radius 2 is 1.65 bits per heavy atom. The van der Waals surface area contributed by atoms with E-state index in [2.05, 4.69) is 34.9 Å². The van der Waals surface area contributed by atoms with E-state index in [4.69, 9.17) is 9.84 Å². The minimum atomic E-state index is -1.01. The fraction of sp³-hybridized carbons (Fsp3) is 0.370. The molecule has 0 heterocycles. The molecule has 7 heteroatoms. The van der Waals surface area contributed by atoms with Crippen LogP contribution in [-0.4, -0.2) is 42.8 Å². The summed E-state index contributed by atoms with van der Waals surface area (Å²) < 4.78 is 5.58. The summed E-state index contributed by atoms with van der Waals surface area (Å²) in [6.07, 6.45) is 3.87. The smallest absolute Gasteiger partial charge is 0.407 e. The number of carbonyl (C=O) groups excluding carboxylic acids is 2. The molecule has 1 saturated carbocycles. The number of carbonyl (C=O) groups is 3. The molecule has 2 amide bonds. The maximum absolute atomic E-state index is 12.7. The minimum Gasteiger partial charge on any atom is -0.478 e. The van der Waals surface area contributed by atoms with E-state index in [1.807, 2.05) is 24.3 Å². The van der Waals surface area contributed by atoms with Gasteiger partial charge in [-0.05, 0) is 47.9 Å². The van der Waals surface area contributed by atoms with Crippen LogP contribution in [0.4, 0.5) is 4.79 Å². The molecule has 178 valence electrons. The van der Waals surface area contributed by atoms with Gasteiger partial charge in [-0.15, -0.1) is 0 Å². The van der Waals surface area contributed by atoms with Crippen LogP contribution in [0.3, 0.4) is 0 Å². The highest BCUT2D eigenvalue weighted by Gasteiger charge is 2.33. The molecule has 0 aliphatic heterocycles. The maximum atomic E-state index is 12.7. The molecule has 3 N–H and O–H groups in total. The van der Waals surface area contributed by atoms with Crippen molar-refractivity contribution in [3.05, 3.63) is 71.3 Å². The molecule has 0 spiro atoms. The average Bonchev–Trinajstić information content (AvgIpc) is 3.12. The number of nitrogens with one attached hydrogen (secondary N) is 2. The number of alkyl carbamates (subject to hydrolysis) is 1. The van der Waals surface area contributed by atoms with Crippen molar-refractivity contribution in [2.24, 2.45) is 11.8 Å². The van der Waals surface area contributed by atoms with E-state index >= 15 is 0 Å². The predicted octanol–water partition coefficient (Wildman–Crippen LogP) is 4.09. The van der Waals surface area contributed by atoms with Crippen LogP contribution in [0.2, 0.25) is 0 Å². The number of carboxylic acid groups (broad SMARTS) is 1. The summed E-state index contributed by atoms with van der Waals surface area (Å²) in [5.41, 5.74) is 4.81. The third-order valence-corrected chi connectivity index (χ3v) is 6.89. The van der Waals surface area contributed by atoms with E-state index in [0.29, 0.717) is 0 Å². The fourth-order valence-corrected chi connectivity index (χ4v) is 4.68. The van der Waals surface area contributed by atoms with E-state index in [0.717, 1.165) is 30.4 Å². The molecular formula is C27H30N2O5. The Kier molecular flexibility index (Phi) is 7.30. The molecule has 4 rings (SSSR count). The number of amides is 2. The van der Waals surface area contributed by atoms with Crippen LogP contribution in [0, 0.1) is 11.8 Å². The van der Waals surface area contributed by atoms with Crippen LogP contribution < -0.4 is 10.6 Å². The first kappa shape index (κ1) is 23.5. The Hall–Kier alpha value is -3.61. The normalized spacial score (nSPS) is 16.1. The standard InChI is InChI=1S/C27H30N2O5/c1-17(26(31)32)13-14-28-25(30)23(18-7-6-8-18)15-29-27(33)34-16-24-21-11-4-2-9-19(21)20-10-3-5-12-22(20)24/h2-5,9-13,18,23-24H,6-8,14-16H2,1H3,(H,28,30)(H,29,33)(H,31,32)/b17-13+. The van der Waals surface area contributed by atoms with Gasteiger partial charge in [0, 0.05) is 24.6 Å². The van der Waals surface area contributed by atoms with Gasteiger partial charge in [-0.1, -0.05) is 61.0 Å². The lowest BCUT2D eigenvalue weighted by molar-refractivity contribution is -0.132. The van der Waals surface area contributed by atoms with Crippen LogP contribution in [0.25, 0.3) is 11.1 Å². The van der Waals surface area contributed by atoms with E-state index in [1.165, 1.54) is 24.1 Å². The largest absolute Gasteiger partial charge is 0.478 e. The highest BCUT2D eigenvalue weighted by molar-refractivity contribution is 5.86. The molecule has 2 aromatic carbocycles. The molecule has 2 aromatic rings. The topological polar surface area (TPSA) is 105 Å². The van der Waals surface area contributed by atoms with Crippen molar-refractivity contribution < 1.29 is 24.2 Å². The second-order valence-electron chi connectivity index (χ2n) is 8.94. The highest BCUT2D eigenvalue weighted by atomic mass is 16.5. The Balaban J connectivity index is 1.32. The molecule has 0 saturated heterocycles. The van der Waals surface area contributed by atoms with Crippen LogP contribution in [-0.2, 0) is 14.3 Å². The number of hydrogen-bond acceptors (Lipinski definition) is 4. The van der Waals surface area contributed by atoms with E-state index in [9.17, 15) is 14.4 Å². The van der Waals surface area contributed by atoms with Gasteiger partial charge in [-0.3, -0.25) is 4.79 Å². The Morgan fingerprint density at radius 3 is 2.21 bits per heavy atom. The lowest BCUT2D eigenvalue weighted by atomic mass is 9.75. The summed E-state index contributed by atoms with van der Waals surface area (Å²) >= 11 is 0. The Morgan fingerprint density at radius 1 is 1.03 bits per heavy atom. The van der Waals surface area contributed by atoms with Gasteiger partial charge in [0.15, 0.2) is 0 Å². The lowest BCUT2D eigenvalue weighted by Crippen LogP contribution is -2.44. The molecule has 34 heavy (non-hydrogen) atoms. The van der Waals surface area contributed by atoms with Gasteiger partial charge in [-0.2, -0.15) is 0 Å². The monoisotopic (exact) mass is 462 g/mol. The number of ether oxygens (including phenoxy) is 1. The van der Waals surface area contributed by atoms with Gasteiger partial charge in [-0.25, -0.2) is 9.59 Å². The third-order valence-electron chi connectivity index (χ3n) is 6.89. The SMILES string of the molecule is C/C(=C\CNC(=O)C(CNC(=O)OCC1c2ccccc2-c2ccccc21)C1CCC1)C(=O)O. The van der Waals surface area contributed by atoms with Crippen molar-refractivity contribution in [1.29, 1.82) is 0 Å². The van der Waals surface area contributed by atoms with Crippen molar-refractivity contribution in [3.63, 3.8) is 0 Å². The highest BCUT2D eigenvalue weighted by Crippen LogP contribution is 2.44. The van der Waals surface area contributed by atoms with E-state index < -0.39 is 12.1 Å². The molecule has 2 aliphatic rings. The quantitative estimate of drug-likeness (QED) is 0.487. The van der Waals surface area contributed by atoms with Crippen molar-refractivity contribution in [3.8, 4) is 11.1 Å². The molecule has 2 aliphatic carbocycles. The molecule has 0 aromatic heterocycles. The maximum Gasteiger partial charge on any atom is 0.407 e. The van der Waals surface area contributed by atoms with Gasteiger partial charge in [0.05, 0.1) is 5.92 Å². The molecule has 0 radical (unpaired) electrons. The van der Waals surface area contributed by atoms with Crippen molar-refractivity contribution in [2.75, 3.05) is 19.7 Å². The summed E-state index contributed by atoms with van der Waals surface area (Å²) in [5, 5.41) is 14.5. The summed E-state index contributed by atoms with van der Waals surface area (Å²) in [5.74, 6) is -1.38. The van der Waals surface area contributed by atoms with Crippen molar-refractivity contribution in [2.45, 2.75) is 32.1 Å². The number of benzene rings is 2. The first-order chi connectivity index (χ1) is 16.5. The van der Waals surface area contributed by atoms with Gasteiger partial charge in [0.1, 0.15) is 6.61 Å². The third kappa shape index (κ3) is 5.14. The van der Waals surface area contributed by atoms with Crippen LogP contribution >= 0.6 is 0 Å². The van der Waals surface area contributed by atoms with E-state index in [-0.39, 0.29) is 48.9 Å². The summed E-state index contributed by atoms with van der Waals surface area (Å²) in [4.78, 5) is 36.1. The van der Waals surface area contributed by atoms with Crippen LogP contribution in [0.1, 0.15) is 43.2 Å². The number of fused-ring (bicyclic) bond motifs is 3. The van der Waals surface area contributed by atoms with Crippen LogP contribution in [0.15, 0.2) is 60.2 Å². The van der Waals surface area contributed by atoms with Gasteiger partial charge in [0.2, 0.25) is 5.91 Å². The Labute approximate surface area is 199 Å². The minimum absolute atomic E-state index is 0.0202. The average molecular weight is 463 g/mol. The second kappa shape index (κ2) is 10.5. The molecule has 1 unspecified atom stereocenters. The Bertz CT molecular complexity index is 1060. The number of hydrogen-bond donors (Lipinski definition) is 3. The first-order valence-electron chi connectivity index (χ1n) is 11.7. The van der Waals surface area contributed by atoms with Gasteiger partial charge < -0.3 is 20.5 Å². The molecular weight excluding hydrogens is 432 g/mol. The second-order valence-corrected chi connectivity index (χ2v) is 8.94. The van der Waals surface area contributed by atoms with Crippen LogP contribution in [0.5, 0.6) is 0 Å². The number of rotatable bonds is 9. The van der Waals surface area contributed by atoms with Gasteiger partial charge >= 0.3 is 12.1 Å². The summed E-state index contributed by atoms with van der Waals surface area (Å²) in [7, 11) is 0. The first-order valence-corrected chi connectivity index (χ1v) is 11.7. The van der Waals surface area contributed by atoms with Crippen molar-refractivity contribution >= 4 is 18.0 Å². The van der Waals surface area contributed by atoms with Gasteiger partial charge in [0.25, 0.3) is 0 Å². The number of carboxylic acids is 1. The number of aliphatic carboxylic acids is 1.